The van der Waals surface area contributed by atoms with Crippen LogP contribution in [0.1, 0.15) is 11.3 Å². The number of anilines is 2. The van der Waals surface area contributed by atoms with Crippen LogP contribution in [0.4, 0.5) is 11.4 Å². The number of methoxy groups -OCH3 is 1. The highest BCUT2D eigenvalue weighted by Crippen LogP contribution is 2.43. The number of halogens is 1. The van der Waals surface area contributed by atoms with E-state index in [4.69, 9.17) is 25.6 Å². The van der Waals surface area contributed by atoms with E-state index in [1.165, 1.54) is 13.2 Å². The molecule has 6 rings (SSSR count). The first-order valence-corrected chi connectivity index (χ1v) is 10.9. The Morgan fingerprint density at radius 3 is 2.58 bits per heavy atom. The van der Waals surface area contributed by atoms with Crippen molar-refractivity contribution in [1.82, 2.24) is 5.16 Å². The largest absolute Gasteiger partial charge is 0.504 e. The first kappa shape index (κ1) is 20.1. The first-order chi connectivity index (χ1) is 16.0. The molecule has 0 aliphatic carbocycles. The maximum Gasteiger partial charge on any atom is 0.260 e. The number of hydrogen-bond donors (Lipinski definition) is 2. The first-order valence-electron chi connectivity index (χ1n) is 10.5. The molecule has 1 amide bonds. The van der Waals surface area contributed by atoms with Gasteiger partial charge in [-0.05, 0) is 35.0 Å². The van der Waals surface area contributed by atoms with Gasteiger partial charge in [-0.3, -0.25) is 4.79 Å². The highest BCUT2D eigenvalue weighted by atomic mass is 35.5. The average Bonchev–Trinajstić information content (AvgIpc) is 3.35. The van der Waals surface area contributed by atoms with Crippen LogP contribution in [0.5, 0.6) is 5.88 Å². The molecular formula is C24H20ClN3O5. The Hall–Kier alpha value is -3.49. The number of nitrogens with one attached hydrogen (secondary N) is 1. The minimum absolute atomic E-state index is 0.0369. The smallest absolute Gasteiger partial charge is 0.260 e. The second-order valence-electron chi connectivity index (χ2n) is 8.68. The van der Waals surface area contributed by atoms with Gasteiger partial charge < -0.3 is 29.3 Å². The van der Waals surface area contributed by atoms with Crippen molar-refractivity contribution in [2.45, 2.75) is 0 Å². The summed E-state index contributed by atoms with van der Waals surface area (Å²) in [6.07, 6.45) is 0. The summed E-state index contributed by atoms with van der Waals surface area (Å²) >= 11 is 6.56. The molecule has 2 fully saturated rings. The van der Waals surface area contributed by atoms with Gasteiger partial charge in [-0.15, -0.1) is 0 Å². The molecular weight excluding hydrogens is 446 g/mol. The van der Waals surface area contributed by atoms with Gasteiger partial charge in [0.15, 0.2) is 5.76 Å². The van der Waals surface area contributed by atoms with E-state index in [0.717, 1.165) is 43.1 Å². The van der Waals surface area contributed by atoms with E-state index in [9.17, 15) is 9.90 Å². The van der Waals surface area contributed by atoms with Crippen molar-refractivity contribution in [2.24, 2.45) is 5.41 Å². The molecule has 3 aliphatic rings. The van der Waals surface area contributed by atoms with Crippen LogP contribution in [-0.2, 0) is 9.53 Å². The molecule has 0 saturated carbocycles. The number of amides is 1. The number of fused-ring (bicyclic) bond motifs is 1. The molecule has 168 valence electrons. The molecule has 0 atom stereocenters. The molecule has 1 spiro atoms. The van der Waals surface area contributed by atoms with Crippen LogP contribution in [0, 0.1) is 5.41 Å². The van der Waals surface area contributed by atoms with E-state index in [-0.39, 0.29) is 23.0 Å². The number of aliphatic hydroxyl groups excluding tert-OH is 1. The standard InChI is InChI=1S/C24H20ClN3O5/c1-31-20-8-19(33-27-20)22(29)21-16-6-15(17(25)7-18(16)26-23(21)30)13-2-4-14(5-3-13)28-9-24(10-28)11-32-12-24/h2-8,29H,9-12H2,1H3,(H,26,30). The number of rotatable bonds is 4. The molecule has 0 radical (unpaired) electrons. The van der Waals surface area contributed by atoms with Crippen molar-refractivity contribution < 1.29 is 23.9 Å². The van der Waals surface area contributed by atoms with Gasteiger partial charge >= 0.3 is 0 Å². The molecule has 0 bridgehead atoms. The number of hydrogen-bond acceptors (Lipinski definition) is 7. The summed E-state index contributed by atoms with van der Waals surface area (Å²) in [5.41, 5.74) is 4.31. The lowest BCUT2D eigenvalue weighted by molar-refractivity contribution is -0.127. The number of benzene rings is 2. The van der Waals surface area contributed by atoms with Crippen molar-refractivity contribution in [3.05, 3.63) is 58.8 Å². The van der Waals surface area contributed by atoms with Gasteiger partial charge in [0.05, 0.1) is 48.1 Å². The summed E-state index contributed by atoms with van der Waals surface area (Å²) in [5.74, 6) is -0.536. The predicted octanol–water partition coefficient (Wildman–Crippen LogP) is 4.22. The minimum Gasteiger partial charge on any atom is -0.504 e. The fourth-order valence-electron chi connectivity index (χ4n) is 4.61. The quantitative estimate of drug-likeness (QED) is 0.440. The van der Waals surface area contributed by atoms with E-state index in [2.05, 4.69) is 27.5 Å². The molecule has 2 N–H and O–H groups in total. The highest BCUT2D eigenvalue weighted by Gasteiger charge is 2.49. The van der Waals surface area contributed by atoms with Gasteiger partial charge in [-0.25, -0.2) is 0 Å². The summed E-state index contributed by atoms with van der Waals surface area (Å²) in [7, 11) is 1.44. The Bertz CT molecular complexity index is 1300. The fraction of sp³-hybridized carbons (Fsp3) is 0.250. The van der Waals surface area contributed by atoms with Crippen LogP contribution in [0.3, 0.4) is 0 Å². The lowest BCUT2D eigenvalue weighted by Crippen LogP contribution is -2.66. The van der Waals surface area contributed by atoms with E-state index < -0.39 is 5.91 Å². The predicted molar refractivity (Wildman–Crippen MR) is 123 cm³/mol. The van der Waals surface area contributed by atoms with Crippen molar-refractivity contribution >= 4 is 40.2 Å². The molecule has 33 heavy (non-hydrogen) atoms. The van der Waals surface area contributed by atoms with Crippen LogP contribution >= 0.6 is 11.6 Å². The van der Waals surface area contributed by atoms with Crippen LogP contribution in [0.15, 0.2) is 47.0 Å². The monoisotopic (exact) mass is 465 g/mol. The van der Waals surface area contributed by atoms with Crippen LogP contribution in [0.2, 0.25) is 5.02 Å². The lowest BCUT2D eigenvalue weighted by atomic mass is 9.78. The van der Waals surface area contributed by atoms with Crippen molar-refractivity contribution in [2.75, 3.05) is 43.6 Å². The molecule has 8 nitrogen and oxygen atoms in total. The number of aromatic nitrogens is 1. The summed E-state index contributed by atoms with van der Waals surface area (Å²) in [6, 6.07) is 13.1. The van der Waals surface area contributed by atoms with Crippen LogP contribution in [-0.4, -0.2) is 49.6 Å². The Kier molecular flexibility index (Phi) is 4.43. The third-order valence-electron chi connectivity index (χ3n) is 6.43. The summed E-state index contributed by atoms with van der Waals surface area (Å²) in [4.78, 5) is 15.0. The maximum atomic E-state index is 12.6. The average molecular weight is 466 g/mol. The third-order valence-corrected chi connectivity index (χ3v) is 6.74. The minimum atomic E-state index is -0.451. The zero-order chi connectivity index (χ0) is 22.7. The van der Waals surface area contributed by atoms with Gasteiger partial charge in [-0.1, -0.05) is 23.7 Å². The second-order valence-corrected chi connectivity index (χ2v) is 9.09. The van der Waals surface area contributed by atoms with E-state index >= 15 is 0 Å². The number of carbonyl (C=O) groups excluding carboxylic acids is 1. The molecule has 1 aromatic heterocycles. The molecule has 3 aromatic rings. The Balaban J connectivity index is 1.33. The molecule has 3 aliphatic heterocycles. The Labute approximate surface area is 194 Å². The van der Waals surface area contributed by atoms with E-state index in [0.29, 0.717) is 21.7 Å². The van der Waals surface area contributed by atoms with Crippen molar-refractivity contribution in [3.8, 4) is 17.0 Å². The molecule has 2 saturated heterocycles. The van der Waals surface area contributed by atoms with Gasteiger partial charge in [0, 0.05) is 29.9 Å². The second kappa shape index (κ2) is 7.26. The number of nitrogens with zero attached hydrogens (tertiary/aromatic N) is 2. The molecule has 4 heterocycles. The van der Waals surface area contributed by atoms with E-state index in [1.54, 1.807) is 12.1 Å². The summed E-state index contributed by atoms with van der Waals surface area (Å²) in [6.45, 7) is 3.73. The maximum absolute atomic E-state index is 12.6. The van der Waals surface area contributed by atoms with Gasteiger partial charge in [0.1, 0.15) is 0 Å². The zero-order valence-electron chi connectivity index (χ0n) is 17.7. The SMILES string of the molecule is COc1cc(C(O)=C2C(=O)Nc3cc(Cl)c(-c4ccc(N5CC6(COC6)C5)cc4)cc32)on1. The van der Waals surface area contributed by atoms with Gasteiger partial charge in [-0.2, -0.15) is 0 Å². The van der Waals surface area contributed by atoms with Crippen molar-refractivity contribution in [3.63, 3.8) is 0 Å². The molecule has 9 heteroatoms. The van der Waals surface area contributed by atoms with Crippen LogP contribution < -0.4 is 15.0 Å². The Morgan fingerprint density at radius 1 is 1.18 bits per heavy atom. The number of ether oxygens (including phenoxy) is 2. The van der Waals surface area contributed by atoms with Gasteiger partial charge in [0.25, 0.3) is 11.8 Å². The third kappa shape index (κ3) is 3.17. The summed E-state index contributed by atoms with van der Waals surface area (Å²) in [5, 5.41) is 17.7. The zero-order valence-corrected chi connectivity index (χ0v) is 18.5. The summed E-state index contributed by atoms with van der Waals surface area (Å²) < 4.78 is 15.5. The normalized spacial score (nSPS) is 19.6. The van der Waals surface area contributed by atoms with Crippen LogP contribution in [0.25, 0.3) is 22.5 Å². The fourth-order valence-corrected chi connectivity index (χ4v) is 4.88. The van der Waals surface area contributed by atoms with Crippen molar-refractivity contribution in [1.29, 1.82) is 0 Å². The Morgan fingerprint density at radius 2 is 1.94 bits per heavy atom. The topological polar surface area (TPSA) is 97.1 Å². The number of aliphatic hydroxyl groups is 1. The lowest BCUT2D eigenvalue weighted by Gasteiger charge is -2.56. The number of carbonyl (C=O) groups is 1. The van der Waals surface area contributed by atoms with Gasteiger partial charge in [0.2, 0.25) is 5.76 Å². The molecule has 2 aromatic carbocycles. The molecule has 0 unspecified atom stereocenters. The van der Waals surface area contributed by atoms with E-state index in [1.807, 2.05) is 12.1 Å². The highest BCUT2D eigenvalue weighted by molar-refractivity contribution is 6.38.